The van der Waals surface area contributed by atoms with Crippen LogP contribution >= 0.6 is 15.9 Å². The third-order valence-electron chi connectivity index (χ3n) is 3.56. The Balaban J connectivity index is 2.23. The number of rotatable bonds is 2. The molecule has 0 aliphatic rings. The number of hydrogen-bond donors (Lipinski definition) is 1. The lowest BCUT2D eigenvalue weighted by atomic mass is 9.92. The molecule has 0 aliphatic carbocycles. The van der Waals surface area contributed by atoms with Gasteiger partial charge in [-0.1, -0.05) is 70.0 Å². The minimum Gasteiger partial charge on any atom is -0.398 e. The van der Waals surface area contributed by atoms with Gasteiger partial charge in [-0.2, -0.15) is 0 Å². The fraction of sp³-hybridized carbons (Fsp3) is 0.0526. The highest BCUT2D eigenvalue weighted by atomic mass is 79.9. The van der Waals surface area contributed by atoms with Gasteiger partial charge in [0.05, 0.1) is 0 Å². The van der Waals surface area contributed by atoms with E-state index in [-0.39, 0.29) is 0 Å². The van der Waals surface area contributed by atoms with E-state index < -0.39 is 0 Å². The SMILES string of the molecule is Cc1cccc(-c2cccc(N)c2-c2ccc(Br)cc2)c1. The Labute approximate surface area is 133 Å². The maximum atomic E-state index is 6.26. The normalized spacial score (nSPS) is 10.6. The number of nitrogens with two attached hydrogens (primary N) is 1. The fourth-order valence-electron chi connectivity index (χ4n) is 2.56. The summed E-state index contributed by atoms with van der Waals surface area (Å²) in [6, 6.07) is 22.9. The molecule has 0 atom stereocenters. The summed E-state index contributed by atoms with van der Waals surface area (Å²) in [5.74, 6) is 0. The minimum absolute atomic E-state index is 0.802. The molecule has 21 heavy (non-hydrogen) atoms. The molecular formula is C19H16BrN. The Morgan fingerprint density at radius 3 is 2.24 bits per heavy atom. The lowest BCUT2D eigenvalue weighted by molar-refractivity contribution is 1.46. The van der Waals surface area contributed by atoms with Gasteiger partial charge in [0.1, 0.15) is 0 Å². The lowest BCUT2D eigenvalue weighted by Crippen LogP contribution is -1.93. The van der Waals surface area contributed by atoms with E-state index >= 15 is 0 Å². The monoisotopic (exact) mass is 337 g/mol. The highest BCUT2D eigenvalue weighted by Gasteiger charge is 2.10. The summed E-state index contributed by atoms with van der Waals surface area (Å²) >= 11 is 3.48. The molecule has 3 rings (SSSR count). The smallest absolute Gasteiger partial charge is 0.0400 e. The van der Waals surface area contributed by atoms with Crippen LogP contribution < -0.4 is 5.73 Å². The maximum absolute atomic E-state index is 6.26. The van der Waals surface area contributed by atoms with E-state index in [0.29, 0.717) is 0 Å². The summed E-state index contributed by atoms with van der Waals surface area (Å²) in [7, 11) is 0. The summed E-state index contributed by atoms with van der Waals surface area (Å²) < 4.78 is 1.07. The molecule has 3 aromatic rings. The Morgan fingerprint density at radius 2 is 1.52 bits per heavy atom. The second kappa shape index (κ2) is 5.74. The molecule has 0 radical (unpaired) electrons. The molecule has 0 aliphatic heterocycles. The zero-order valence-corrected chi connectivity index (χ0v) is 13.4. The van der Waals surface area contributed by atoms with Crippen molar-refractivity contribution in [2.45, 2.75) is 6.92 Å². The van der Waals surface area contributed by atoms with Crippen LogP contribution in [0.1, 0.15) is 5.56 Å². The average molecular weight is 338 g/mol. The van der Waals surface area contributed by atoms with Crippen LogP contribution in [-0.4, -0.2) is 0 Å². The number of anilines is 1. The zero-order valence-electron chi connectivity index (χ0n) is 11.8. The molecule has 1 nitrogen and oxygen atoms in total. The van der Waals surface area contributed by atoms with Crippen molar-refractivity contribution in [3.63, 3.8) is 0 Å². The van der Waals surface area contributed by atoms with E-state index in [0.717, 1.165) is 21.3 Å². The van der Waals surface area contributed by atoms with Crippen LogP contribution in [0.3, 0.4) is 0 Å². The molecule has 0 aromatic heterocycles. The van der Waals surface area contributed by atoms with E-state index in [4.69, 9.17) is 5.73 Å². The van der Waals surface area contributed by atoms with E-state index in [9.17, 15) is 0 Å². The summed E-state index contributed by atoms with van der Waals surface area (Å²) in [5.41, 5.74) is 12.9. The second-order valence-corrected chi connectivity index (χ2v) is 6.06. The molecular weight excluding hydrogens is 322 g/mol. The summed E-state index contributed by atoms with van der Waals surface area (Å²) in [6.07, 6.45) is 0. The van der Waals surface area contributed by atoms with Gasteiger partial charge in [0, 0.05) is 15.7 Å². The molecule has 2 heteroatoms. The zero-order chi connectivity index (χ0) is 14.8. The van der Waals surface area contributed by atoms with Gasteiger partial charge in [-0.3, -0.25) is 0 Å². The number of benzene rings is 3. The third kappa shape index (κ3) is 2.86. The largest absolute Gasteiger partial charge is 0.398 e. The van der Waals surface area contributed by atoms with E-state index in [1.807, 2.05) is 24.3 Å². The molecule has 0 unspecified atom stereocenters. The van der Waals surface area contributed by atoms with Crippen LogP contribution in [-0.2, 0) is 0 Å². The summed E-state index contributed by atoms with van der Waals surface area (Å²) in [6.45, 7) is 2.11. The van der Waals surface area contributed by atoms with Gasteiger partial charge in [0.2, 0.25) is 0 Å². The van der Waals surface area contributed by atoms with E-state index in [2.05, 4.69) is 65.3 Å². The first-order valence-electron chi connectivity index (χ1n) is 6.86. The van der Waals surface area contributed by atoms with Crippen molar-refractivity contribution < 1.29 is 0 Å². The predicted octanol–water partition coefficient (Wildman–Crippen LogP) is 5.67. The van der Waals surface area contributed by atoms with Crippen molar-refractivity contribution >= 4 is 21.6 Å². The van der Waals surface area contributed by atoms with Crippen LogP contribution in [0.2, 0.25) is 0 Å². The lowest BCUT2D eigenvalue weighted by Gasteiger charge is -2.13. The van der Waals surface area contributed by atoms with Gasteiger partial charge >= 0.3 is 0 Å². The Hall–Kier alpha value is -2.06. The van der Waals surface area contributed by atoms with Gasteiger partial charge in [-0.25, -0.2) is 0 Å². The molecule has 0 amide bonds. The van der Waals surface area contributed by atoms with E-state index in [1.165, 1.54) is 16.7 Å². The fourth-order valence-corrected chi connectivity index (χ4v) is 2.83. The van der Waals surface area contributed by atoms with Crippen molar-refractivity contribution in [1.29, 1.82) is 0 Å². The van der Waals surface area contributed by atoms with Crippen molar-refractivity contribution in [3.05, 3.63) is 76.8 Å². The second-order valence-electron chi connectivity index (χ2n) is 5.15. The third-order valence-corrected chi connectivity index (χ3v) is 4.09. The Morgan fingerprint density at radius 1 is 0.810 bits per heavy atom. The Bertz CT molecular complexity index is 776. The van der Waals surface area contributed by atoms with Gasteiger partial charge in [-0.05, 0) is 41.8 Å². The van der Waals surface area contributed by atoms with Crippen molar-refractivity contribution in [2.24, 2.45) is 0 Å². The highest BCUT2D eigenvalue weighted by Crippen LogP contribution is 2.37. The van der Waals surface area contributed by atoms with Gasteiger partial charge in [-0.15, -0.1) is 0 Å². The number of halogens is 1. The van der Waals surface area contributed by atoms with Crippen LogP contribution in [0.4, 0.5) is 5.69 Å². The molecule has 0 saturated heterocycles. The molecule has 0 saturated carbocycles. The standard InChI is InChI=1S/C19H16BrN/c1-13-4-2-5-15(12-13)17-6-3-7-18(21)19(17)14-8-10-16(20)11-9-14/h2-12H,21H2,1H3. The quantitative estimate of drug-likeness (QED) is 0.598. The van der Waals surface area contributed by atoms with Crippen LogP contribution in [0.25, 0.3) is 22.3 Å². The van der Waals surface area contributed by atoms with Crippen molar-refractivity contribution in [1.82, 2.24) is 0 Å². The van der Waals surface area contributed by atoms with Gasteiger partial charge in [0.15, 0.2) is 0 Å². The van der Waals surface area contributed by atoms with Crippen LogP contribution in [0, 0.1) is 6.92 Å². The predicted molar refractivity (Wildman–Crippen MR) is 94.2 cm³/mol. The highest BCUT2D eigenvalue weighted by molar-refractivity contribution is 9.10. The van der Waals surface area contributed by atoms with Crippen molar-refractivity contribution in [2.75, 3.05) is 5.73 Å². The molecule has 0 heterocycles. The summed E-state index contributed by atoms with van der Waals surface area (Å²) in [4.78, 5) is 0. The first-order chi connectivity index (χ1) is 10.1. The van der Waals surface area contributed by atoms with Crippen LogP contribution in [0.5, 0.6) is 0 Å². The molecule has 3 aromatic carbocycles. The van der Waals surface area contributed by atoms with E-state index in [1.54, 1.807) is 0 Å². The molecule has 2 N–H and O–H groups in total. The number of hydrogen-bond acceptors (Lipinski definition) is 1. The molecule has 0 spiro atoms. The first kappa shape index (κ1) is 13.9. The summed E-state index contributed by atoms with van der Waals surface area (Å²) in [5, 5.41) is 0. The topological polar surface area (TPSA) is 26.0 Å². The van der Waals surface area contributed by atoms with Crippen molar-refractivity contribution in [3.8, 4) is 22.3 Å². The van der Waals surface area contributed by atoms with Gasteiger partial charge in [0.25, 0.3) is 0 Å². The number of aryl methyl sites for hydroxylation is 1. The minimum atomic E-state index is 0.802. The first-order valence-corrected chi connectivity index (χ1v) is 7.66. The average Bonchev–Trinajstić information content (AvgIpc) is 2.48. The Kier molecular flexibility index (Phi) is 3.80. The molecule has 0 fully saturated rings. The van der Waals surface area contributed by atoms with Crippen LogP contribution in [0.15, 0.2) is 71.2 Å². The molecule has 0 bridgehead atoms. The maximum Gasteiger partial charge on any atom is 0.0400 e. The van der Waals surface area contributed by atoms with Gasteiger partial charge < -0.3 is 5.73 Å². The molecule has 104 valence electrons. The number of nitrogen functional groups attached to an aromatic ring is 1.